The number of aryl methyl sites for hydroxylation is 1. The van der Waals surface area contributed by atoms with Gasteiger partial charge in [0.25, 0.3) is 0 Å². The molecule has 1 atom stereocenters. The van der Waals surface area contributed by atoms with E-state index in [0.29, 0.717) is 18.7 Å². The summed E-state index contributed by atoms with van der Waals surface area (Å²) in [5, 5.41) is 11.0. The Bertz CT molecular complexity index is 454. The molecule has 0 amide bonds. The van der Waals surface area contributed by atoms with Gasteiger partial charge < -0.3 is 9.88 Å². The number of rotatable bonds is 4. The Labute approximate surface area is 95.0 Å². The molecule has 1 saturated heterocycles. The van der Waals surface area contributed by atoms with Crippen LogP contribution in [-0.4, -0.2) is 40.7 Å². The summed E-state index contributed by atoms with van der Waals surface area (Å²) in [7, 11) is -2.81. The molecule has 2 rings (SSSR count). The number of sulfone groups is 1. The first-order valence-electron chi connectivity index (χ1n) is 5.41. The van der Waals surface area contributed by atoms with Gasteiger partial charge in [-0.15, -0.1) is 10.2 Å². The molecular formula is C9H16N4O2S. The predicted octanol–water partition coefficient (Wildman–Crippen LogP) is -0.425. The molecular weight excluding hydrogens is 228 g/mol. The summed E-state index contributed by atoms with van der Waals surface area (Å²) in [5.41, 5.74) is 0. The van der Waals surface area contributed by atoms with Crippen LogP contribution in [0.1, 0.15) is 19.2 Å². The molecule has 0 aliphatic carbocycles. The van der Waals surface area contributed by atoms with E-state index < -0.39 is 9.84 Å². The first-order chi connectivity index (χ1) is 7.61. The highest BCUT2D eigenvalue weighted by molar-refractivity contribution is 7.91. The van der Waals surface area contributed by atoms with Crippen LogP contribution in [0, 0.1) is 0 Å². The highest BCUT2D eigenvalue weighted by atomic mass is 32.2. The zero-order chi connectivity index (χ0) is 11.6. The minimum atomic E-state index is -2.81. The monoisotopic (exact) mass is 244 g/mol. The summed E-state index contributed by atoms with van der Waals surface area (Å²) >= 11 is 0. The van der Waals surface area contributed by atoms with Gasteiger partial charge in [0.05, 0.1) is 18.1 Å². The van der Waals surface area contributed by atoms with Crippen molar-refractivity contribution >= 4 is 9.84 Å². The van der Waals surface area contributed by atoms with E-state index in [1.165, 1.54) is 0 Å². The summed E-state index contributed by atoms with van der Waals surface area (Å²) in [6.45, 7) is 3.42. The van der Waals surface area contributed by atoms with Crippen LogP contribution in [0.25, 0.3) is 0 Å². The first kappa shape index (κ1) is 11.5. The van der Waals surface area contributed by atoms with Crippen molar-refractivity contribution in [2.24, 2.45) is 0 Å². The van der Waals surface area contributed by atoms with E-state index in [2.05, 4.69) is 15.5 Å². The van der Waals surface area contributed by atoms with E-state index >= 15 is 0 Å². The minimum Gasteiger partial charge on any atom is -0.317 e. The Balaban J connectivity index is 1.89. The molecule has 2 heterocycles. The average molecular weight is 244 g/mol. The van der Waals surface area contributed by atoms with E-state index in [4.69, 9.17) is 0 Å². The van der Waals surface area contributed by atoms with E-state index in [1.807, 2.05) is 11.5 Å². The molecule has 1 aromatic rings. The Morgan fingerprint density at radius 2 is 2.44 bits per heavy atom. The number of hydrogen-bond donors (Lipinski definition) is 1. The van der Waals surface area contributed by atoms with Gasteiger partial charge >= 0.3 is 0 Å². The van der Waals surface area contributed by atoms with Crippen molar-refractivity contribution in [2.75, 3.05) is 11.5 Å². The summed E-state index contributed by atoms with van der Waals surface area (Å²) in [6, 6.07) is 0.0620. The van der Waals surface area contributed by atoms with Gasteiger partial charge in [0, 0.05) is 12.6 Å². The van der Waals surface area contributed by atoms with Crippen molar-refractivity contribution in [3.05, 3.63) is 12.2 Å². The van der Waals surface area contributed by atoms with Gasteiger partial charge in [-0.25, -0.2) is 8.42 Å². The van der Waals surface area contributed by atoms with Crippen molar-refractivity contribution in [3.63, 3.8) is 0 Å². The zero-order valence-corrected chi connectivity index (χ0v) is 10.1. The molecule has 1 unspecified atom stereocenters. The van der Waals surface area contributed by atoms with E-state index in [-0.39, 0.29) is 11.8 Å². The molecule has 1 fully saturated rings. The second-order valence-electron chi connectivity index (χ2n) is 4.01. The number of hydrogen-bond acceptors (Lipinski definition) is 5. The van der Waals surface area contributed by atoms with Crippen molar-refractivity contribution in [1.29, 1.82) is 0 Å². The van der Waals surface area contributed by atoms with Gasteiger partial charge in [0.2, 0.25) is 0 Å². The first-order valence-corrected chi connectivity index (χ1v) is 7.23. The quantitative estimate of drug-likeness (QED) is 0.778. The van der Waals surface area contributed by atoms with Crippen LogP contribution < -0.4 is 5.32 Å². The maximum Gasteiger partial charge on any atom is 0.151 e. The molecule has 16 heavy (non-hydrogen) atoms. The fourth-order valence-electron chi connectivity index (χ4n) is 1.87. The average Bonchev–Trinajstić information content (AvgIpc) is 2.81. The van der Waals surface area contributed by atoms with Gasteiger partial charge in [-0.05, 0) is 13.3 Å². The maximum absolute atomic E-state index is 11.3. The fraction of sp³-hybridized carbons (Fsp3) is 0.778. The topological polar surface area (TPSA) is 76.9 Å². The summed E-state index contributed by atoms with van der Waals surface area (Å²) in [6.07, 6.45) is 2.38. The lowest BCUT2D eigenvalue weighted by atomic mass is 10.2. The molecule has 1 aliphatic rings. The Kier molecular flexibility index (Phi) is 3.25. The third-order valence-corrected chi connectivity index (χ3v) is 4.59. The van der Waals surface area contributed by atoms with E-state index in [0.717, 1.165) is 12.4 Å². The lowest BCUT2D eigenvalue weighted by molar-refractivity contribution is 0.526. The van der Waals surface area contributed by atoms with Crippen LogP contribution in [0.5, 0.6) is 0 Å². The molecule has 7 heteroatoms. The normalized spacial score (nSPS) is 23.7. The Morgan fingerprint density at radius 1 is 1.62 bits per heavy atom. The molecule has 6 nitrogen and oxygen atoms in total. The van der Waals surface area contributed by atoms with Gasteiger partial charge in [-0.2, -0.15) is 0 Å². The molecule has 0 aromatic carbocycles. The molecule has 1 aromatic heterocycles. The number of aromatic nitrogens is 3. The van der Waals surface area contributed by atoms with Crippen LogP contribution in [0.15, 0.2) is 6.33 Å². The lowest BCUT2D eigenvalue weighted by Crippen LogP contribution is -2.30. The summed E-state index contributed by atoms with van der Waals surface area (Å²) in [5.74, 6) is 1.39. The second kappa shape index (κ2) is 4.50. The third kappa shape index (κ3) is 2.59. The predicted molar refractivity (Wildman–Crippen MR) is 59.6 cm³/mol. The standard InChI is InChI=1S/C9H16N4O2S/c1-2-13-7-11-12-9(13)5-10-8-3-4-16(14,15)6-8/h7-8,10H,2-6H2,1H3. The van der Waals surface area contributed by atoms with Crippen molar-refractivity contribution in [2.45, 2.75) is 32.5 Å². The zero-order valence-electron chi connectivity index (χ0n) is 9.26. The lowest BCUT2D eigenvalue weighted by Gasteiger charge is -2.10. The smallest absolute Gasteiger partial charge is 0.151 e. The van der Waals surface area contributed by atoms with Gasteiger partial charge in [-0.3, -0.25) is 0 Å². The van der Waals surface area contributed by atoms with Crippen LogP contribution in [0.3, 0.4) is 0 Å². The Hall–Kier alpha value is -0.950. The molecule has 0 radical (unpaired) electrons. The van der Waals surface area contributed by atoms with Crippen LogP contribution in [0.4, 0.5) is 0 Å². The molecule has 90 valence electrons. The SMILES string of the molecule is CCn1cnnc1CNC1CCS(=O)(=O)C1. The Morgan fingerprint density at radius 3 is 3.06 bits per heavy atom. The largest absolute Gasteiger partial charge is 0.317 e. The van der Waals surface area contributed by atoms with Crippen molar-refractivity contribution in [3.8, 4) is 0 Å². The van der Waals surface area contributed by atoms with Crippen LogP contribution in [0.2, 0.25) is 0 Å². The number of nitrogens with zero attached hydrogens (tertiary/aromatic N) is 3. The second-order valence-corrected chi connectivity index (χ2v) is 6.24. The van der Waals surface area contributed by atoms with E-state index in [1.54, 1.807) is 6.33 Å². The van der Waals surface area contributed by atoms with Crippen LogP contribution >= 0.6 is 0 Å². The number of nitrogens with one attached hydrogen (secondary N) is 1. The van der Waals surface area contributed by atoms with Crippen molar-refractivity contribution in [1.82, 2.24) is 20.1 Å². The third-order valence-electron chi connectivity index (χ3n) is 2.82. The molecule has 0 bridgehead atoms. The molecule has 1 aliphatic heterocycles. The van der Waals surface area contributed by atoms with Crippen LogP contribution in [-0.2, 0) is 22.9 Å². The fourth-order valence-corrected chi connectivity index (χ4v) is 3.58. The van der Waals surface area contributed by atoms with E-state index in [9.17, 15) is 8.42 Å². The highest BCUT2D eigenvalue weighted by Gasteiger charge is 2.27. The van der Waals surface area contributed by atoms with Crippen molar-refractivity contribution < 1.29 is 8.42 Å². The van der Waals surface area contributed by atoms with Gasteiger partial charge in [-0.1, -0.05) is 0 Å². The highest BCUT2D eigenvalue weighted by Crippen LogP contribution is 2.11. The molecule has 1 N–H and O–H groups in total. The molecule has 0 saturated carbocycles. The molecule has 0 spiro atoms. The summed E-state index contributed by atoms with van der Waals surface area (Å²) < 4.78 is 24.4. The van der Waals surface area contributed by atoms with Gasteiger partial charge in [0.1, 0.15) is 12.2 Å². The minimum absolute atomic E-state index is 0.0620. The summed E-state index contributed by atoms with van der Waals surface area (Å²) in [4.78, 5) is 0. The maximum atomic E-state index is 11.3. The van der Waals surface area contributed by atoms with Gasteiger partial charge in [0.15, 0.2) is 9.84 Å².